The summed E-state index contributed by atoms with van der Waals surface area (Å²) in [6, 6.07) is 9.28. The van der Waals surface area contributed by atoms with Crippen LogP contribution < -0.4 is 10.5 Å². The molecule has 2 aromatic rings. The van der Waals surface area contributed by atoms with Gasteiger partial charge in [0.25, 0.3) is 0 Å². The van der Waals surface area contributed by atoms with Crippen molar-refractivity contribution < 1.29 is 18.7 Å². The summed E-state index contributed by atoms with van der Waals surface area (Å²) in [7, 11) is 1.28. The molecule has 0 heterocycles. The number of benzene rings is 2. The van der Waals surface area contributed by atoms with Gasteiger partial charge in [-0.3, -0.25) is 0 Å². The van der Waals surface area contributed by atoms with Gasteiger partial charge in [0.15, 0.2) is 0 Å². The largest absolute Gasteiger partial charge is 0.488 e. The van der Waals surface area contributed by atoms with Gasteiger partial charge in [0.05, 0.1) is 11.6 Å². The smallest absolute Gasteiger partial charge is 0.341 e. The number of rotatable bonds is 4. The van der Waals surface area contributed by atoms with Gasteiger partial charge in [-0.05, 0) is 34.1 Å². The quantitative estimate of drug-likeness (QED) is 0.674. The number of hydrogen-bond donors (Lipinski definition) is 1. The van der Waals surface area contributed by atoms with Crippen LogP contribution in [0.3, 0.4) is 0 Å². The van der Waals surface area contributed by atoms with Gasteiger partial charge in [-0.25, -0.2) is 9.18 Å². The average molecular weight is 354 g/mol. The van der Waals surface area contributed by atoms with E-state index >= 15 is 0 Å². The van der Waals surface area contributed by atoms with Crippen molar-refractivity contribution in [1.29, 1.82) is 0 Å². The van der Waals surface area contributed by atoms with Gasteiger partial charge in [0, 0.05) is 17.3 Å². The van der Waals surface area contributed by atoms with E-state index in [1.165, 1.54) is 25.3 Å². The maximum atomic E-state index is 13.4. The summed E-state index contributed by atoms with van der Waals surface area (Å²) in [4.78, 5) is 11.7. The van der Waals surface area contributed by atoms with Crippen molar-refractivity contribution >= 4 is 27.6 Å². The normalized spacial score (nSPS) is 10.2. The number of esters is 1. The summed E-state index contributed by atoms with van der Waals surface area (Å²) in [5, 5.41) is 0. The molecule has 4 nitrogen and oxygen atoms in total. The third-order valence-electron chi connectivity index (χ3n) is 2.83. The fourth-order valence-electron chi connectivity index (χ4n) is 1.75. The maximum absolute atomic E-state index is 13.4. The van der Waals surface area contributed by atoms with Gasteiger partial charge < -0.3 is 15.2 Å². The number of halogens is 2. The lowest BCUT2D eigenvalue weighted by Gasteiger charge is -2.12. The molecule has 0 saturated carbocycles. The summed E-state index contributed by atoms with van der Waals surface area (Å²) in [6.07, 6.45) is 0. The summed E-state index contributed by atoms with van der Waals surface area (Å²) >= 11 is 3.16. The van der Waals surface area contributed by atoms with Crippen molar-refractivity contribution in [2.45, 2.75) is 6.61 Å². The van der Waals surface area contributed by atoms with Crippen LogP contribution in [-0.2, 0) is 11.3 Å². The van der Waals surface area contributed by atoms with E-state index in [-0.39, 0.29) is 23.7 Å². The average Bonchev–Trinajstić information content (AvgIpc) is 2.48. The van der Waals surface area contributed by atoms with Crippen LogP contribution in [0.2, 0.25) is 0 Å². The first-order chi connectivity index (χ1) is 10.0. The second-order valence-electron chi connectivity index (χ2n) is 4.25. The Hall–Kier alpha value is -2.08. The number of ether oxygens (including phenoxy) is 2. The van der Waals surface area contributed by atoms with Crippen LogP contribution in [0, 0.1) is 5.82 Å². The van der Waals surface area contributed by atoms with Crippen LogP contribution in [0.5, 0.6) is 5.75 Å². The molecule has 2 N–H and O–H groups in total. The Bertz CT molecular complexity index is 676. The Balaban J connectivity index is 2.25. The van der Waals surface area contributed by atoms with Crippen LogP contribution in [0.15, 0.2) is 40.9 Å². The fourth-order valence-corrected chi connectivity index (χ4v) is 2.13. The molecule has 0 spiro atoms. The lowest BCUT2D eigenvalue weighted by atomic mass is 10.2. The molecule has 2 aromatic carbocycles. The molecule has 0 amide bonds. The minimum atomic E-state index is -0.525. The second-order valence-corrected chi connectivity index (χ2v) is 5.04. The van der Waals surface area contributed by atoms with Gasteiger partial charge in [0.2, 0.25) is 0 Å². The number of hydrogen-bond acceptors (Lipinski definition) is 4. The van der Waals surface area contributed by atoms with E-state index < -0.39 is 5.97 Å². The minimum absolute atomic E-state index is 0.0891. The van der Waals surface area contributed by atoms with Gasteiger partial charge >= 0.3 is 5.97 Å². The molecule has 0 radical (unpaired) electrons. The van der Waals surface area contributed by atoms with E-state index in [0.29, 0.717) is 15.7 Å². The molecule has 0 unspecified atom stereocenters. The third-order valence-corrected chi connectivity index (χ3v) is 3.71. The molecule has 110 valence electrons. The zero-order valence-corrected chi connectivity index (χ0v) is 12.8. The van der Waals surface area contributed by atoms with Crippen LogP contribution >= 0.6 is 15.9 Å². The van der Waals surface area contributed by atoms with Gasteiger partial charge in [0.1, 0.15) is 23.7 Å². The highest BCUT2D eigenvalue weighted by Crippen LogP contribution is 2.26. The van der Waals surface area contributed by atoms with Crippen molar-refractivity contribution in [2.75, 3.05) is 12.8 Å². The molecule has 0 aliphatic rings. The molecule has 21 heavy (non-hydrogen) atoms. The summed E-state index contributed by atoms with van der Waals surface area (Å²) in [5.41, 5.74) is 7.03. The minimum Gasteiger partial charge on any atom is -0.488 e. The Kier molecular flexibility index (Phi) is 4.80. The highest BCUT2D eigenvalue weighted by molar-refractivity contribution is 9.10. The lowest BCUT2D eigenvalue weighted by molar-refractivity contribution is 0.0595. The molecule has 0 atom stereocenters. The number of anilines is 1. The molecule has 6 heteroatoms. The second kappa shape index (κ2) is 6.58. The molecule has 0 saturated heterocycles. The van der Waals surface area contributed by atoms with Crippen molar-refractivity contribution in [3.8, 4) is 5.75 Å². The number of nitrogen functional groups attached to an aromatic ring is 1. The van der Waals surface area contributed by atoms with Crippen LogP contribution in [0.25, 0.3) is 0 Å². The van der Waals surface area contributed by atoms with E-state index in [4.69, 9.17) is 10.5 Å². The number of carbonyl (C=O) groups is 1. The standard InChI is InChI=1S/C15H13BrFNO3/c1-20-15(19)11-6-5-10(18)7-13(11)21-8-9-3-2-4-12(17)14(9)16/h2-7H,8,18H2,1H3. The Morgan fingerprint density at radius 3 is 2.81 bits per heavy atom. The van der Waals surface area contributed by atoms with Crippen molar-refractivity contribution in [2.24, 2.45) is 0 Å². The summed E-state index contributed by atoms with van der Waals surface area (Å²) < 4.78 is 24.0. The molecular weight excluding hydrogens is 341 g/mol. The summed E-state index contributed by atoms with van der Waals surface area (Å²) in [5.74, 6) is -0.613. The van der Waals surface area contributed by atoms with E-state index in [2.05, 4.69) is 20.7 Å². The van der Waals surface area contributed by atoms with E-state index in [1.54, 1.807) is 18.2 Å². The Labute approximate surface area is 129 Å². The van der Waals surface area contributed by atoms with Gasteiger partial charge in [-0.15, -0.1) is 0 Å². The van der Waals surface area contributed by atoms with E-state index in [1.807, 2.05) is 0 Å². The third kappa shape index (κ3) is 3.52. The predicted molar refractivity (Wildman–Crippen MR) is 80.6 cm³/mol. The fraction of sp³-hybridized carbons (Fsp3) is 0.133. The van der Waals surface area contributed by atoms with E-state index in [0.717, 1.165) is 0 Å². The Morgan fingerprint density at radius 2 is 2.10 bits per heavy atom. The zero-order chi connectivity index (χ0) is 15.4. The number of nitrogens with two attached hydrogens (primary N) is 1. The van der Waals surface area contributed by atoms with Crippen molar-refractivity contribution in [3.63, 3.8) is 0 Å². The SMILES string of the molecule is COC(=O)c1ccc(N)cc1OCc1cccc(F)c1Br. The van der Waals surface area contributed by atoms with Crippen LogP contribution in [0.1, 0.15) is 15.9 Å². The monoisotopic (exact) mass is 353 g/mol. The molecule has 2 rings (SSSR count). The topological polar surface area (TPSA) is 61.5 Å². The molecule has 0 aliphatic heterocycles. The summed E-state index contributed by atoms with van der Waals surface area (Å²) in [6.45, 7) is 0.0891. The molecular formula is C15H13BrFNO3. The zero-order valence-electron chi connectivity index (χ0n) is 11.2. The number of carbonyl (C=O) groups excluding carboxylic acids is 1. The van der Waals surface area contributed by atoms with E-state index in [9.17, 15) is 9.18 Å². The molecule has 0 bridgehead atoms. The predicted octanol–water partition coefficient (Wildman–Crippen LogP) is 3.54. The highest BCUT2D eigenvalue weighted by atomic mass is 79.9. The first-order valence-corrected chi connectivity index (χ1v) is 6.85. The molecule has 0 aliphatic carbocycles. The van der Waals surface area contributed by atoms with Crippen LogP contribution in [-0.4, -0.2) is 13.1 Å². The first kappa shape index (κ1) is 15.3. The Morgan fingerprint density at radius 1 is 1.33 bits per heavy atom. The van der Waals surface area contributed by atoms with Gasteiger partial charge in [-0.2, -0.15) is 0 Å². The van der Waals surface area contributed by atoms with Crippen molar-refractivity contribution in [1.82, 2.24) is 0 Å². The van der Waals surface area contributed by atoms with Gasteiger partial charge in [-0.1, -0.05) is 12.1 Å². The molecule has 0 aromatic heterocycles. The lowest BCUT2D eigenvalue weighted by Crippen LogP contribution is -2.07. The first-order valence-electron chi connectivity index (χ1n) is 6.06. The number of methoxy groups -OCH3 is 1. The maximum Gasteiger partial charge on any atom is 0.341 e. The highest BCUT2D eigenvalue weighted by Gasteiger charge is 2.14. The van der Waals surface area contributed by atoms with Crippen molar-refractivity contribution in [3.05, 3.63) is 57.8 Å². The van der Waals surface area contributed by atoms with Crippen LogP contribution in [0.4, 0.5) is 10.1 Å². The molecule has 0 fully saturated rings.